The van der Waals surface area contributed by atoms with Crippen molar-refractivity contribution in [3.63, 3.8) is 0 Å². The van der Waals surface area contributed by atoms with Gasteiger partial charge in [0, 0.05) is 0 Å². The molecule has 100 valence electrons. The molecule has 0 aliphatic carbocycles. The molecule has 0 radical (unpaired) electrons. The van der Waals surface area contributed by atoms with Gasteiger partial charge in [-0.15, -0.1) is 10.2 Å². The number of aromatic nitrogens is 3. The van der Waals surface area contributed by atoms with Crippen molar-refractivity contribution >= 4 is 27.8 Å². The lowest BCUT2D eigenvalue weighted by Crippen LogP contribution is -2.28. The fourth-order valence-electron chi connectivity index (χ4n) is 1.47. The van der Waals surface area contributed by atoms with E-state index in [9.17, 15) is 4.79 Å². The third-order valence-electron chi connectivity index (χ3n) is 2.58. The molecular weight excluding hydrogens is 296 g/mol. The van der Waals surface area contributed by atoms with Gasteiger partial charge in [0.25, 0.3) is 0 Å². The van der Waals surface area contributed by atoms with Crippen molar-refractivity contribution < 1.29 is 4.79 Å². The van der Waals surface area contributed by atoms with E-state index in [1.54, 1.807) is 0 Å². The van der Waals surface area contributed by atoms with Crippen LogP contribution in [0.5, 0.6) is 0 Å². The fourth-order valence-corrected chi connectivity index (χ4v) is 1.59. The second-order valence-electron chi connectivity index (χ2n) is 4.37. The molecule has 1 aromatic rings. The first kappa shape index (κ1) is 15.0. The van der Waals surface area contributed by atoms with Crippen LogP contribution in [0.3, 0.4) is 0 Å². The number of carbonyl (C=O) groups excluding carboxylic acids is 1. The van der Waals surface area contributed by atoms with Crippen molar-refractivity contribution in [2.24, 2.45) is 5.92 Å². The standard InChI is InChI=1S/C12H19BrN4O/c1-5-8-9(6-2)16-17-12(14-8)15-11(18)10(13)7(3)4/h7,10H,5-6H2,1-4H3,(H,14,15,17,18). The van der Waals surface area contributed by atoms with Crippen molar-refractivity contribution in [2.45, 2.75) is 45.4 Å². The van der Waals surface area contributed by atoms with E-state index < -0.39 is 0 Å². The minimum Gasteiger partial charge on any atom is -0.292 e. The molecule has 0 aromatic carbocycles. The fraction of sp³-hybridized carbons (Fsp3) is 0.667. The van der Waals surface area contributed by atoms with Gasteiger partial charge in [-0.3, -0.25) is 10.1 Å². The molecule has 1 amide bonds. The predicted molar refractivity (Wildman–Crippen MR) is 74.8 cm³/mol. The van der Waals surface area contributed by atoms with Crippen LogP contribution in [0, 0.1) is 5.92 Å². The first-order valence-electron chi connectivity index (χ1n) is 6.16. The molecule has 0 aliphatic heterocycles. The van der Waals surface area contributed by atoms with Gasteiger partial charge in [-0.05, 0) is 18.8 Å². The SMILES string of the molecule is CCc1nnc(NC(=O)C(Br)C(C)C)nc1CC. The van der Waals surface area contributed by atoms with Gasteiger partial charge in [0.1, 0.15) is 0 Å². The number of nitrogens with zero attached hydrogens (tertiary/aromatic N) is 3. The molecule has 6 heteroatoms. The van der Waals surface area contributed by atoms with Crippen LogP contribution in [-0.4, -0.2) is 25.9 Å². The summed E-state index contributed by atoms with van der Waals surface area (Å²) in [4.78, 5) is 15.9. The minimum atomic E-state index is -0.253. The number of amides is 1. The topological polar surface area (TPSA) is 67.8 Å². The number of anilines is 1. The third-order valence-corrected chi connectivity index (χ3v) is 4.05. The summed E-state index contributed by atoms with van der Waals surface area (Å²) in [6.07, 6.45) is 1.58. The zero-order valence-electron chi connectivity index (χ0n) is 11.2. The van der Waals surface area contributed by atoms with Gasteiger partial charge in [0.2, 0.25) is 11.9 Å². The molecule has 0 saturated heterocycles. The second-order valence-corrected chi connectivity index (χ2v) is 5.36. The van der Waals surface area contributed by atoms with Crippen LogP contribution in [0.2, 0.25) is 0 Å². The van der Waals surface area contributed by atoms with Gasteiger partial charge in [-0.2, -0.15) is 0 Å². The van der Waals surface area contributed by atoms with Crippen LogP contribution in [0.15, 0.2) is 0 Å². The lowest BCUT2D eigenvalue weighted by molar-refractivity contribution is -0.116. The second kappa shape index (κ2) is 6.78. The molecule has 1 heterocycles. The summed E-state index contributed by atoms with van der Waals surface area (Å²) in [5.74, 6) is 0.343. The average Bonchev–Trinajstić information content (AvgIpc) is 2.37. The van der Waals surface area contributed by atoms with Crippen molar-refractivity contribution in [3.8, 4) is 0 Å². The van der Waals surface area contributed by atoms with Crippen LogP contribution >= 0.6 is 15.9 Å². The minimum absolute atomic E-state index is 0.141. The van der Waals surface area contributed by atoms with E-state index in [0.717, 1.165) is 24.2 Å². The molecule has 1 unspecified atom stereocenters. The smallest absolute Gasteiger partial charge is 0.249 e. The van der Waals surface area contributed by atoms with Crippen LogP contribution in [0.1, 0.15) is 39.1 Å². The molecule has 0 bridgehead atoms. The molecule has 1 aromatic heterocycles. The summed E-state index contributed by atoms with van der Waals surface area (Å²) < 4.78 is 0. The molecule has 0 fully saturated rings. The van der Waals surface area contributed by atoms with E-state index in [-0.39, 0.29) is 22.6 Å². The van der Waals surface area contributed by atoms with E-state index in [0.29, 0.717) is 0 Å². The Bertz CT molecular complexity index is 423. The van der Waals surface area contributed by atoms with Gasteiger partial charge in [0.05, 0.1) is 16.2 Å². The average molecular weight is 315 g/mol. The van der Waals surface area contributed by atoms with Gasteiger partial charge in [-0.1, -0.05) is 43.6 Å². The number of carbonyl (C=O) groups is 1. The highest BCUT2D eigenvalue weighted by Crippen LogP contribution is 2.14. The largest absolute Gasteiger partial charge is 0.292 e. The summed E-state index contributed by atoms with van der Waals surface area (Å²) in [5, 5.41) is 10.7. The van der Waals surface area contributed by atoms with Gasteiger partial charge < -0.3 is 0 Å². The molecule has 1 N–H and O–H groups in total. The normalized spacial score (nSPS) is 12.6. The van der Waals surface area contributed by atoms with Crippen LogP contribution in [0.25, 0.3) is 0 Å². The maximum absolute atomic E-state index is 11.8. The van der Waals surface area contributed by atoms with E-state index >= 15 is 0 Å². The number of halogens is 1. The monoisotopic (exact) mass is 314 g/mol. The molecule has 0 spiro atoms. The molecule has 0 aliphatic rings. The first-order chi connectivity index (χ1) is 8.49. The molecule has 18 heavy (non-hydrogen) atoms. The Labute approximate surface area is 116 Å². The summed E-state index contributed by atoms with van der Waals surface area (Å²) in [7, 11) is 0. The zero-order valence-corrected chi connectivity index (χ0v) is 12.8. The van der Waals surface area contributed by atoms with Crippen LogP contribution in [-0.2, 0) is 17.6 Å². The van der Waals surface area contributed by atoms with Gasteiger partial charge >= 0.3 is 0 Å². The van der Waals surface area contributed by atoms with E-state index in [2.05, 4.69) is 36.4 Å². The van der Waals surface area contributed by atoms with Crippen molar-refractivity contribution in [1.29, 1.82) is 0 Å². The first-order valence-corrected chi connectivity index (χ1v) is 7.08. The lowest BCUT2D eigenvalue weighted by Gasteiger charge is -2.13. The zero-order chi connectivity index (χ0) is 13.7. The molecule has 5 nitrogen and oxygen atoms in total. The molecule has 1 rings (SSSR count). The molecule has 1 atom stereocenters. The van der Waals surface area contributed by atoms with Crippen molar-refractivity contribution in [3.05, 3.63) is 11.4 Å². The predicted octanol–water partition coefficient (Wildman–Crippen LogP) is 2.35. The van der Waals surface area contributed by atoms with Gasteiger partial charge in [-0.25, -0.2) is 4.98 Å². The Morgan fingerprint density at radius 1 is 1.22 bits per heavy atom. The Hall–Kier alpha value is -1.04. The number of alkyl halides is 1. The Morgan fingerprint density at radius 2 is 1.83 bits per heavy atom. The highest BCUT2D eigenvalue weighted by Gasteiger charge is 2.20. The number of hydrogen-bond donors (Lipinski definition) is 1. The Morgan fingerprint density at radius 3 is 2.33 bits per heavy atom. The highest BCUT2D eigenvalue weighted by molar-refractivity contribution is 9.10. The summed E-state index contributed by atoms with van der Waals surface area (Å²) >= 11 is 3.34. The van der Waals surface area contributed by atoms with E-state index in [1.165, 1.54) is 0 Å². The number of nitrogens with one attached hydrogen (secondary N) is 1. The summed E-state index contributed by atoms with van der Waals surface area (Å²) in [6.45, 7) is 7.96. The maximum atomic E-state index is 11.8. The third kappa shape index (κ3) is 3.73. The van der Waals surface area contributed by atoms with Crippen LogP contribution < -0.4 is 5.32 Å². The van der Waals surface area contributed by atoms with E-state index in [4.69, 9.17) is 0 Å². The molecular formula is C12H19BrN4O. The summed E-state index contributed by atoms with van der Waals surface area (Å²) in [6, 6.07) is 0. The maximum Gasteiger partial charge on any atom is 0.249 e. The highest BCUT2D eigenvalue weighted by atomic mass is 79.9. The quantitative estimate of drug-likeness (QED) is 0.847. The Kier molecular flexibility index (Phi) is 5.65. The van der Waals surface area contributed by atoms with E-state index in [1.807, 2.05) is 27.7 Å². The van der Waals surface area contributed by atoms with Crippen molar-refractivity contribution in [1.82, 2.24) is 15.2 Å². The number of rotatable bonds is 5. The number of hydrogen-bond acceptors (Lipinski definition) is 4. The molecule has 0 saturated carbocycles. The Balaban J connectivity index is 2.82. The number of aryl methyl sites for hydroxylation is 2. The van der Waals surface area contributed by atoms with Crippen molar-refractivity contribution in [2.75, 3.05) is 5.32 Å². The van der Waals surface area contributed by atoms with Crippen LogP contribution in [0.4, 0.5) is 5.95 Å². The van der Waals surface area contributed by atoms with Gasteiger partial charge in [0.15, 0.2) is 0 Å². The summed E-state index contributed by atoms with van der Waals surface area (Å²) in [5.41, 5.74) is 1.77. The lowest BCUT2D eigenvalue weighted by atomic mass is 10.1.